The third kappa shape index (κ3) is 4.84. The molecule has 0 saturated heterocycles. The number of aliphatic imine (C=N–C) groups is 1. The molecule has 0 radical (unpaired) electrons. The Labute approximate surface area is 135 Å². The van der Waals surface area contributed by atoms with Gasteiger partial charge in [-0.25, -0.2) is 9.98 Å². The molecule has 2 heterocycles. The maximum absolute atomic E-state index is 4.62. The lowest BCUT2D eigenvalue weighted by Crippen LogP contribution is -2.36. The maximum atomic E-state index is 4.62. The zero-order chi connectivity index (χ0) is 15.9. The van der Waals surface area contributed by atoms with Crippen LogP contribution < -0.4 is 10.6 Å². The van der Waals surface area contributed by atoms with E-state index in [0.29, 0.717) is 19.0 Å². The van der Waals surface area contributed by atoms with Gasteiger partial charge in [-0.3, -0.25) is 4.68 Å². The van der Waals surface area contributed by atoms with E-state index in [2.05, 4.69) is 51.9 Å². The average molecular weight is 320 g/mol. The predicted octanol–water partition coefficient (Wildman–Crippen LogP) is 2.26. The van der Waals surface area contributed by atoms with Crippen molar-refractivity contribution in [3.05, 3.63) is 34.0 Å². The summed E-state index contributed by atoms with van der Waals surface area (Å²) in [6, 6.07) is 0. The van der Waals surface area contributed by atoms with Gasteiger partial charge in [0.05, 0.1) is 25.0 Å². The van der Waals surface area contributed by atoms with E-state index in [1.165, 1.54) is 0 Å². The molecule has 2 aromatic heterocycles. The summed E-state index contributed by atoms with van der Waals surface area (Å²) < 4.78 is 1.79. The first kappa shape index (κ1) is 16.5. The second-order valence-corrected chi connectivity index (χ2v) is 6.33. The molecule has 0 atom stereocenters. The van der Waals surface area contributed by atoms with Gasteiger partial charge >= 0.3 is 0 Å². The van der Waals surface area contributed by atoms with Crippen LogP contribution in [0, 0.1) is 0 Å². The van der Waals surface area contributed by atoms with Gasteiger partial charge < -0.3 is 10.6 Å². The Morgan fingerprint density at radius 2 is 2.23 bits per heavy atom. The van der Waals surface area contributed by atoms with E-state index >= 15 is 0 Å². The van der Waals surface area contributed by atoms with E-state index in [9.17, 15) is 0 Å². The predicted molar refractivity (Wildman–Crippen MR) is 91.1 cm³/mol. The molecule has 0 aliphatic carbocycles. The van der Waals surface area contributed by atoms with Gasteiger partial charge in [-0.05, 0) is 12.8 Å². The molecule has 0 spiro atoms. The molecule has 22 heavy (non-hydrogen) atoms. The summed E-state index contributed by atoms with van der Waals surface area (Å²) >= 11 is 1.69. The fraction of sp³-hybridized carbons (Fsp3) is 0.533. The number of aromatic nitrogens is 3. The second-order valence-electron chi connectivity index (χ2n) is 5.39. The van der Waals surface area contributed by atoms with E-state index in [4.69, 9.17) is 0 Å². The van der Waals surface area contributed by atoms with Crippen LogP contribution in [0.15, 0.2) is 22.8 Å². The first-order valence-corrected chi connectivity index (χ1v) is 8.40. The largest absolute Gasteiger partial charge is 0.357 e. The van der Waals surface area contributed by atoms with E-state index in [1.807, 2.05) is 19.4 Å². The summed E-state index contributed by atoms with van der Waals surface area (Å²) in [7, 11) is 1.91. The molecular formula is C15H24N6S. The Bertz CT molecular complexity index is 613. The fourth-order valence-electron chi connectivity index (χ4n) is 1.90. The monoisotopic (exact) mass is 320 g/mol. The normalized spacial score (nSPS) is 12.0. The van der Waals surface area contributed by atoms with Gasteiger partial charge in [0.1, 0.15) is 5.01 Å². The summed E-state index contributed by atoms with van der Waals surface area (Å²) in [6.45, 7) is 8.50. The Balaban J connectivity index is 1.92. The molecule has 0 unspecified atom stereocenters. The standard InChI is InChI=1S/C15H24N6S/c1-5-16-15(17-6-12-7-19-21(4)9-12)18-8-14-20-13(10-22-14)11(2)3/h7,9-11H,5-6,8H2,1-4H3,(H2,16,17,18). The number of hydrogen-bond acceptors (Lipinski definition) is 4. The summed E-state index contributed by atoms with van der Waals surface area (Å²) in [6.07, 6.45) is 3.81. The maximum Gasteiger partial charge on any atom is 0.191 e. The van der Waals surface area contributed by atoms with Crippen molar-refractivity contribution in [1.29, 1.82) is 0 Å². The number of hydrogen-bond donors (Lipinski definition) is 2. The highest BCUT2D eigenvalue weighted by Gasteiger charge is 2.06. The molecule has 0 aliphatic heterocycles. The molecule has 0 saturated carbocycles. The molecule has 0 aromatic carbocycles. The minimum atomic E-state index is 0.470. The van der Waals surface area contributed by atoms with Crippen LogP contribution in [0.3, 0.4) is 0 Å². The van der Waals surface area contributed by atoms with Crippen molar-refractivity contribution in [2.24, 2.45) is 12.0 Å². The van der Waals surface area contributed by atoms with E-state index in [0.717, 1.165) is 28.8 Å². The zero-order valence-electron chi connectivity index (χ0n) is 13.6. The van der Waals surface area contributed by atoms with Gasteiger partial charge in [0.2, 0.25) is 0 Å². The minimum absolute atomic E-state index is 0.470. The lowest BCUT2D eigenvalue weighted by Gasteiger charge is -2.09. The molecule has 2 aromatic rings. The van der Waals surface area contributed by atoms with Crippen molar-refractivity contribution in [3.8, 4) is 0 Å². The van der Waals surface area contributed by atoms with Crippen LogP contribution in [0.2, 0.25) is 0 Å². The highest BCUT2D eigenvalue weighted by Crippen LogP contribution is 2.17. The van der Waals surface area contributed by atoms with Crippen LogP contribution in [0.4, 0.5) is 0 Å². The smallest absolute Gasteiger partial charge is 0.191 e. The van der Waals surface area contributed by atoms with Crippen LogP contribution in [-0.2, 0) is 20.1 Å². The summed E-state index contributed by atoms with van der Waals surface area (Å²) in [5.41, 5.74) is 2.25. The van der Waals surface area contributed by atoms with E-state index in [-0.39, 0.29) is 0 Å². The Morgan fingerprint density at radius 3 is 2.82 bits per heavy atom. The number of nitrogens with zero attached hydrogens (tertiary/aromatic N) is 4. The highest BCUT2D eigenvalue weighted by molar-refractivity contribution is 7.09. The van der Waals surface area contributed by atoms with Crippen molar-refractivity contribution < 1.29 is 0 Å². The quantitative estimate of drug-likeness (QED) is 0.633. The Morgan fingerprint density at radius 1 is 1.41 bits per heavy atom. The lowest BCUT2D eigenvalue weighted by atomic mass is 10.2. The molecule has 0 bridgehead atoms. The van der Waals surface area contributed by atoms with Crippen molar-refractivity contribution >= 4 is 17.3 Å². The highest BCUT2D eigenvalue weighted by atomic mass is 32.1. The number of rotatable bonds is 6. The number of guanidine groups is 1. The second kappa shape index (κ2) is 7.93. The zero-order valence-corrected chi connectivity index (χ0v) is 14.4. The molecular weight excluding hydrogens is 296 g/mol. The Hall–Kier alpha value is -1.89. The molecule has 6 nitrogen and oxygen atoms in total. The molecule has 0 fully saturated rings. The van der Waals surface area contributed by atoms with Gasteiger partial charge in [-0.1, -0.05) is 13.8 Å². The van der Waals surface area contributed by atoms with E-state index < -0.39 is 0 Å². The molecule has 120 valence electrons. The third-order valence-electron chi connectivity index (χ3n) is 3.09. The van der Waals surface area contributed by atoms with Gasteiger partial charge in [0, 0.05) is 30.7 Å². The summed E-state index contributed by atoms with van der Waals surface area (Å²) in [4.78, 5) is 9.20. The van der Waals surface area contributed by atoms with Crippen LogP contribution in [0.1, 0.15) is 43.0 Å². The van der Waals surface area contributed by atoms with Crippen LogP contribution in [0.25, 0.3) is 0 Å². The number of nitrogens with one attached hydrogen (secondary N) is 2. The van der Waals surface area contributed by atoms with Crippen LogP contribution in [-0.4, -0.2) is 27.3 Å². The van der Waals surface area contributed by atoms with Crippen LogP contribution in [0.5, 0.6) is 0 Å². The topological polar surface area (TPSA) is 67.1 Å². The average Bonchev–Trinajstić information content (AvgIpc) is 3.11. The molecule has 2 N–H and O–H groups in total. The number of aryl methyl sites for hydroxylation is 1. The minimum Gasteiger partial charge on any atom is -0.357 e. The molecule has 0 aliphatic rings. The van der Waals surface area contributed by atoms with Gasteiger partial charge in [-0.2, -0.15) is 5.10 Å². The summed E-state index contributed by atoms with van der Waals surface area (Å²) in [5, 5.41) is 13.9. The van der Waals surface area contributed by atoms with Crippen molar-refractivity contribution in [2.75, 3.05) is 6.54 Å². The number of thiazole rings is 1. The first-order chi connectivity index (χ1) is 10.6. The van der Waals surface area contributed by atoms with E-state index in [1.54, 1.807) is 16.0 Å². The lowest BCUT2D eigenvalue weighted by molar-refractivity contribution is 0.766. The van der Waals surface area contributed by atoms with Crippen molar-refractivity contribution in [2.45, 2.75) is 39.8 Å². The van der Waals surface area contributed by atoms with Crippen LogP contribution >= 0.6 is 11.3 Å². The molecule has 0 amide bonds. The summed E-state index contributed by atoms with van der Waals surface area (Å²) in [5.74, 6) is 1.27. The van der Waals surface area contributed by atoms with Crippen molar-refractivity contribution in [3.63, 3.8) is 0 Å². The fourth-order valence-corrected chi connectivity index (χ4v) is 2.79. The molecule has 2 rings (SSSR count). The van der Waals surface area contributed by atoms with Gasteiger partial charge in [-0.15, -0.1) is 11.3 Å². The third-order valence-corrected chi connectivity index (χ3v) is 3.96. The van der Waals surface area contributed by atoms with Gasteiger partial charge in [0.15, 0.2) is 5.96 Å². The first-order valence-electron chi connectivity index (χ1n) is 7.52. The van der Waals surface area contributed by atoms with Gasteiger partial charge in [0.25, 0.3) is 0 Å². The van der Waals surface area contributed by atoms with Crippen molar-refractivity contribution in [1.82, 2.24) is 25.4 Å². The Kier molecular flexibility index (Phi) is 5.94. The molecule has 7 heteroatoms. The SMILES string of the molecule is CCNC(=NCc1cnn(C)c1)NCc1nc(C(C)C)cs1.